The fourth-order valence-corrected chi connectivity index (χ4v) is 3.47. The Hall–Kier alpha value is -1.07. The maximum absolute atomic E-state index is 6.35. The highest BCUT2D eigenvalue weighted by molar-refractivity contribution is 7.12. The maximum Gasteiger partial charge on any atom is 0.178 e. The van der Waals surface area contributed by atoms with Crippen LogP contribution in [0.2, 0.25) is 10.0 Å². The van der Waals surface area contributed by atoms with Gasteiger partial charge in [-0.05, 0) is 49.7 Å². The van der Waals surface area contributed by atoms with Crippen molar-refractivity contribution in [2.75, 3.05) is 13.1 Å². The molecule has 0 amide bonds. The first-order chi connectivity index (χ1) is 11.1. The second-order valence-corrected chi connectivity index (χ2v) is 6.76. The molecule has 1 atom stereocenters. The zero-order chi connectivity index (χ0) is 16.8. The number of thiophene rings is 1. The Morgan fingerprint density at radius 2 is 2.00 bits per heavy atom. The summed E-state index contributed by atoms with van der Waals surface area (Å²) in [5.74, 6) is 0. The molecule has 0 aliphatic heterocycles. The average molecular weight is 371 g/mol. The van der Waals surface area contributed by atoms with Gasteiger partial charge in [0, 0.05) is 10.6 Å². The van der Waals surface area contributed by atoms with Crippen molar-refractivity contribution in [2.45, 2.75) is 27.0 Å². The van der Waals surface area contributed by atoms with Crippen molar-refractivity contribution < 1.29 is 4.84 Å². The Balaban J connectivity index is 2.34. The Labute approximate surface area is 151 Å². The van der Waals surface area contributed by atoms with Crippen LogP contribution >= 0.6 is 34.5 Å². The van der Waals surface area contributed by atoms with Crippen LogP contribution in [-0.4, -0.2) is 29.9 Å². The van der Waals surface area contributed by atoms with E-state index in [4.69, 9.17) is 28.0 Å². The molecule has 6 heteroatoms. The number of benzene rings is 1. The second kappa shape index (κ2) is 8.69. The van der Waals surface area contributed by atoms with Gasteiger partial charge in [-0.25, -0.2) is 0 Å². The van der Waals surface area contributed by atoms with E-state index in [9.17, 15) is 0 Å². The molecular weight excluding hydrogens is 351 g/mol. The lowest BCUT2D eigenvalue weighted by Gasteiger charge is -2.24. The molecule has 0 spiro atoms. The minimum Gasteiger partial charge on any atom is -0.376 e. The minimum absolute atomic E-state index is 0.106. The summed E-state index contributed by atoms with van der Waals surface area (Å²) < 4.78 is 0. The molecule has 1 heterocycles. The standard InChI is InChI=1S/C17H20Cl2N2OS/c1-4-21(5-2)12(3)22-20-17(16-7-6-10-23-16)14-9-8-13(18)11-15(14)19/h6-12H,4-5H2,1-3H3. The summed E-state index contributed by atoms with van der Waals surface area (Å²) in [7, 11) is 0. The summed E-state index contributed by atoms with van der Waals surface area (Å²) in [6.45, 7) is 8.01. The summed E-state index contributed by atoms with van der Waals surface area (Å²) in [6, 6.07) is 9.37. The summed E-state index contributed by atoms with van der Waals surface area (Å²) in [5.41, 5.74) is 1.53. The van der Waals surface area contributed by atoms with Gasteiger partial charge in [0.15, 0.2) is 6.23 Å². The Bertz CT molecular complexity index is 655. The SMILES string of the molecule is CCN(CC)C(C)ON=C(c1cccs1)c1ccc(Cl)cc1Cl. The zero-order valence-corrected chi connectivity index (χ0v) is 15.8. The van der Waals surface area contributed by atoms with Gasteiger partial charge in [-0.15, -0.1) is 11.3 Å². The second-order valence-electron chi connectivity index (χ2n) is 4.97. The van der Waals surface area contributed by atoms with Crippen LogP contribution in [0.1, 0.15) is 31.2 Å². The van der Waals surface area contributed by atoms with Crippen molar-refractivity contribution >= 4 is 40.3 Å². The third-order valence-corrected chi connectivity index (χ3v) is 4.99. The van der Waals surface area contributed by atoms with E-state index in [1.165, 1.54) is 0 Å². The first kappa shape index (κ1) is 18.3. The van der Waals surface area contributed by atoms with Crippen molar-refractivity contribution in [1.29, 1.82) is 0 Å². The highest BCUT2D eigenvalue weighted by Crippen LogP contribution is 2.26. The van der Waals surface area contributed by atoms with Crippen molar-refractivity contribution in [3.63, 3.8) is 0 Å². The van der Waals surface area contributed by atoms with Crippen LogP contribution in [0, 0.1) is 0 Å². The molecular formula is C17H20Cl2N2OS. The molecule has 0 saturated heterocycles. The van der Waals surface area contributed by atoms with E-state index in [2.05, 4.69) is 23.9 Å². The molecule has 0 aliphatic carbocycles. The predicted molar refractivity (Wildman–Crippen MR) is 99.9 cm³/mol. The molecule has 0 N–H and O–H groups in total. The largest absolute Gasteiger partial charge is 0.376 e. The van der Waals surface area contributed by atoms with Crippen molar-refractivity contribution in [2.24, 2.45) is 5.16 Å². The third kappa shape index (κ3) is 4.70. The van der Waals surface area contributed by atoms with Gasteiger partial charge in [0.1, 0.15) is 5.71 Å². The number of nitrogens with zero attached hydrogens (tertiary/aromatic N) is 2. The first-order valence-corrected chi connectivity index (χ1v) is 9.17. The van der Waals surface area contributed by atoms with Crippen molar-refractivity contribution in [1.82, 2.24) is 4.90 Å². The number of rotatable bonds is 7. The molecule has 1 unspecified atom stereocenters. The van der Waals surface area contributed by atoms with Crippen LogP contribution < -0.4 is 0 Å². The number of oxime groups is 1. The molecule has 1 aromatic carbocycles. The monoisotopic (exact) mass is 370 g/mol. The lowest BCUT2D eigenvalue weighted by molar-refractivity contribution is -0.0403. The minimum atomic E-state index is -0.106. The van der Waals surface area contributed by atoms with Crippen molar-refractivity contribution in [3.05, 3.63) is 56.2 Å². The molecule has 2 aromatic rings. The van der Waals surface area contributed by atoms with Crippen LogP contribution in [0.5, 0.6) is 0 Å². The van der Waals surface area contributed by atoms with Gasteiger partial charge in [0.25, 0.3) is 0 Å². The molecule has 3 nitrogen and oxygen atoms in total. The number of hydrogen-bond donors (Lipinski definition) is 0. The van der Waals surface area contributed by atoms with Gasteiger partial charge in [-0.1, -0.05) is 48.3 Å². The molecule has 0 radical (unpaired) electrons. The lowest BCUT2D eigenvalue weighted by Crippen LogP contribution is -2.33. The average Bonchev–Trinajstić information content (AvgIpc) is 3.04. The van der Waals surface area contributed by atoms with Gasteiger partial charge in [-0.2, -0.15) is 0 Å². The van der Waals surface area contributed by atoms with Crippen LogP contribution in [-0.2, 0) is 4.84 Å². The molecule has 2 rings (SSSR count). The van der Waals surface area contributed by atoms with Gasteiger partial charge < -0.3 is 4.84 Å². The highest BCUT2D eigenvalue weighted by atomic mass is 35.5. The van der Waals surface area contributed by atoms with Gasteiger partial charge >= 0.3 is 0 Å². The maximum atomic E-state index is 6.35. The highest BCUT2D eigenvalue weighted by Gasteiger charge is 2.16. The fraction of sp³-hybridized carbons (Fsp3) is 0.353. The fourth-order valence-electron chi connectivity index (χ4n) is 2.26. The Morgan fingerprint density at radius 1 is 1.26 bits per heavy atom. The first-order valence-electron chi connectivity index (χ1n) is 7.54. The molecule has 0 bridgehead atoms. The van der Waals surface area contributed by atoms with E-state index in [0.717, 1.165) is 29.2 Å². The third-order valence-electron chi connectivity index (χ3n) is 3.56. The molecule has 1 aromatic heterocycles. The lowest BCUT2D eigenvalue weighted by atomic mass is 10.1. The van der Waals surface area contributed by atoms with E-state index in [1.54, 1.807) is 23.5 Å². The van der Waals surface area contributed by atoms with Crippen LogP contribution in [0.25, 0.3) is 0 Å². The summed E-state index contributed by atoms with van der Waals surface area (Å²) >= 11 is 13.9. The molecule has 0 saturated carbocycles. The van der Waals surface area contributed by atoms with E-state index in [-0.39, 0.29) is 6.23 Å². The van der Waals surface area contributed by atoms with E-state index >= 15 is 0 Å². The predicted octanol–water partition coefficient (Wildman–Crippen LogP) is 5.51. The molecule has 0 fully saturated rings. The summed E-state index contributed by atoms with van der Waals surface area (Å²) in [4.78, 5) is 8.92. The van der Waals surface area contributed by atoms with E-state index < -0.39 is 0 Å². The normalized spacial score (nSPS) is 13.4. The zero-order valence-electron chi connectivity index (χ0n) is 13.4. The summed E-state index contributed by atoms with van der Waals surface area (Å²) in [5, 5.41) is 7.56. The topological polar surface area (TPSA) is 24.8 Å². The molecule has 23 heavy (non-hydrogen) atoms. The van der Waals surface area contributed by atoms with Crippen LogP contribution in [0.3, 0.4) is 0 Å². The van der Waals surface area contributed by atoms with E-state index in [1.807, 2.05) is 30.5 Å². The van der Waals surface area contributed by atoms with Gasteiger partial charge in [-0.3, -0.25) is 4.90 Å². The molecule has 124 valence electrons. The Kier molecular flexibility index (Phi) is 6.90. The quantitative estimate of drug-likeness (QED) is 0.364. The van der Waals surface area contributed by atoms with Crippen LogP contribution in [0.15, 0.2) is 40.9 Å². The van der Waals surface area contributed by atoms with E-state index in [0.29, 0.717) is 10.0 Å². The number of halogens is 2. The van der Waals surface area contributed by atoms with Gasteiger partial charge in [0.05, 0.1) is 9.90 Å². The molecule has 0 aliphatic rings. The number of hydrogen-bond acceptors (Lipinski definition) is 4. The summed E-state index contributed by atoms with van der Waals surface area (Å²) in [6.07, 6.45) is -0.106. The van der Waals surface area contributed by atoms with Crippen molar-refractivity contribution in [3.8, 4) is 0 Å². The van der Waals surface area contributed by atoms with Crippen LogP contribution in [0.4, 0.5) is 0 Å². The van der Waals surface area contributed by atoms with Gasteiger partial charge in [0.2, 0.25) is 0 Å². The Morgan fingerprint density at radius 3 is 2.57 bits per heavy atom. The smallest absolute Gasteiger partial charge is 0.178 e.